The third-order valence-corrected chi connectivity index (χ3v) is 3.63. The van der Waals surface area contributed by atoms with Gasteiger partial charge in [-0.05, 0) is 26.8 Å². The minimum Gasteiger partial charge on any atom is -0.353 e. The third-order valence-electron chi connectivity index (χ3n) is 3.63. The van der Waals surface area contributed by atoms with Crippen LogP contribution in [0.1, 0.15) is 18.3 Å². The first-order valence-corrected chi connectivity index (χ1v) is 6.96. The van der Waals surface area contributed by atoms with Gasteiger partial charge in [0, 0.05) is 18.8 Å². The van der Waals surface area contributed by atoms with Crippen LogP contribution >= 0.6 is 0 Å². The van der Waals surface area contributed by atoms with Gasteiger partial charge in [0.1, 0.15) is 11.9 Å². The Morgan fingerprint density at radius 3 is 2.76 bits per heavy atom. The van der Waals surface area contributed by atoms with Gasteiger partial charge in [-0.1, -0.05) is 0 Å². The van der Waals surface area contributed by atoms with E-state index >= 15 is 0 Å². The fourth-order valence-electron chi connectivity index (χ4n) is 2.54. The van der Waals surface area contributed by atoms with E-state index in [0.29, 0.717) is 18.2 Å². The second-order valence-electron chi connectivity index (χ2n) is 5.23. The molecule has 1 fully saturated rings. The number of nitrogens with zero attached hydrogens (tertiary/aromatic N) is 5. The molecule has 1 aliphatic rings. The van der Waals surface area contributed by atoms with E-state index in [9.17, 15) is 4.79 Å². The van der Waals surface area contributed by atoms with E-state index < -0.39 is 0 Å². The second-order valence-corrected chi connectivity index (χ2v) is 5.23. The number of amides is 1. The molecule has 0 radical (unpaired) electrons. The van der Waals surface area contributed by atoms with Crippen molar-refractivity contribution >= 4 is 11.7 Å². The van der Waals surface area contributed by atoms with Crippen LogP contribution in [-0.2, 0) is 4.79 Å². The summed E-state index contributed by atoms with van der Waals surface area (Å²) in [6.07, 6.45) is 3.36. The lowest BCUT2D eigenvalue weighted by atomic mass is 10.2. The second kappa shape index (κ2) is 5.16. The summed E-state index contributed by atoms with van der Waals surface area (Å²) in [5, 5.41) is 7.26. The van der Waals surface area contributed by atoms with E-state index in [1.807, 2.05) is 31.7 Å². The first kappa shape index (κ1) is 13.5. The molecule has 0 aliphatic carbocycles. The molecule has 21 heavy (non-hydrogen) atoms. The molecule has 1 unspecified atom stereocenters. The highest BCUT2D eigenvalue weighted by atomic mass is 16.2. The van der Waals surface area contributed by atoms with Crippen molar-refractivity contribution in [3.63, 3.8) is 0 Å². The van der Waals surface area contributed by atoms with Crippen molar-refractivity contribution in [3.8, 4) is 5.82 Å². The van der Waals surface area contributed by atoms with Crippen molar-refractivity contribution in [1.82, 2.24) is 25.1 Å². The highest BCUT2D eigenvalue weighted by Gasteiger charge is 2.26. The van der Waals surface area contributed by atoms with Gasteiger partial charge in [-0.25, -0.2) is 9.67 Å². The Hall–Kier alpha value is -2.44. The minimum absolute atomic E-state index is 0.0135. The molecule has 2 aromatic rings. The fourth-order valence-corrected chi connectivity index (χ4v) is 2.54. The number of aromatic nitrogens is 4. The van der Waals surface area contributed by atoms with Crippen LogP contribution in [0, 0.1) is 13.8 Å². The number of aryl methyl sites for hydroxylation is 2. The lowest BCUT2D eigenvalue weighted by molar-refractivity contribution is -0.122. The van der Waals surface area contributed by atoms with Gasteiger partial charge in [-0.3, -0.25) is 9.78 Å². The van der Waals surface area contributed by atoms with Crippen molar-refractivity contribution in [1.29, 1.82) is 0 Å². The standard InChI is InChI=1S/C14H18N6O/c1-9-6-10(2)20(18-9)13-8-15-7-12(17-13)19-5-4-16-14(21)11(19)3/h6-8,11H,4-5H2,1-3H3,(H,16,21). The van der Waals surface area contributed by atoms with E-state index in [-0.39, 0.29) is 11.9 Å². The molecule has 1 N–H and O–H groups in total. The first-order valence-electron chi connectivity index (χ1n) is 6.96. The van der Waals surface area contributed by atoms with Crippen LogP contribution in [0.2, 0.25) is 0 Å². The average molecular weight is 286 g/mol. The van der Waals surface area contributed by atoms with Crippen molar-refractivity contribution in [2.24, 2.45) is 0 Å². The lowest BCUT2D eigenvalue weighted by Gasteiger charge is -2.33. The highest BCUT2D eigenvalue weighted by Crippen LogP contribution is 2.17. The Bertz CT molecular complexity index is 680. The van der Waals surface area contributed by atoms with Gasteiger partial charge < -0.3 is 10.2 Å². The maximum atomic E-state index is 11.8. The molecule has 1 aliphatic heterocycles. The molecule has 0 spiro atoms. The number of hydrogen-bond donors (Lipinski definition) is 1. The van der Waals surface area contributed by atoms with Crippen molar-refractivity contribution in [2.75, 3.05) is 18.0 Å². The molecule has 3 rings (SSSR count). The summed E-state index contributed by atoms with van der Waals surface area (Å²) in [4.78, 5) is 22.6. The molecular formula is C14H18N6O. The summed E-state index contributed by atoms with van der Waals surface area (Å²) in [7, 11) is 0. The van der Waals surface area contributed by atoms with E-state index in [0.717, 1.165) is 17.9 Å². The number of hydrogen-bond acceptors (Lipinski definition) is 5. The van der Waals surface area contributed by atoms with Crippen LogP contribution in [0.15, 0.2) is 18.5 Å². The molecule has 7 heteroatoms. The van der Waals surface area contributed by atoms with E-state index in [2.05, 4.69) is 20.4 Å². The number of carbonyl (C=O) groups is 1. The van der Waals surface area contributed by atoms with Crippen LogP contribution in [-0.4, -0.2) is 44.8 Å². The van der Waals surface area contributed by atoms with Crippen molar-refractivity contribution in [2.45, 2.75) is 26.8 Å². The molecule has 1 saturated heterocycles. The van der Waals surface area contributed by atoms with Gasteiger partial charge >= 0.3 is 0 Å². The molecule has 0 saturated carbocycles. The molecule has 0 bridgehead atoms. The molecule has 3 heterocycles. The molecule has 110 valence electrons. The maximum absolute atomic E-state index is 11.8. The molecular weight excluding hydrogens is 268 g/mol. The van der Waals surface area contributed by atoms with Crippen molar-refractivity contribution < 1.29 is 4.79 Å². The van der Waals surface area contributed by atoms with Gasteiger partial charge in [0.2, 0.25) is 5.91 Å². The zero-order chi connectivity index (χ0) is 15.0. The first-order chi connectivity index (χ1) is 10.1. The third kappa shape index (κ3) is 2.46. The predicted octanol–water partition coefficient (Wildman–Crippen LogP) is 0.604. The largest absolute Gasteiger partial charge is 0.353 e. The summed E-state index contributed by atoms with van der Waals surface area (Å²) in [5.41, 5.74) is 1.94. The van der Waals surface area contributed by atoms with Crippen molar-refractivity contribution in [3.05, 3.63) is 29.8 Å². The zero-order valence-electron chi connectivity index (χ0n) is 12.4. The number of rotatable bonds is 2. The topological polar surface area (TPSA) is 75.9 Å². The highest BCUT2D eigenvalue weighted by molar-refractivity contribution is 5.85. The Kier molecular flexibility index (Phi) is 3.32. The quantitative estimate of drug-likeness (QED) is 0.875. The SMILES string of the molecule is Cc1cc(C)n(-c2cncc(N3CCNC(=O)C3C)n2)n1. The summed E-state index contributed by atoms with van der Waals surface area (Å²) in [6.45, 7) is 7.13. The van der Waals surface area contributed by atoms with E-state index in [1.165, 1.54) is 0 Å². The molecule has 7 nitrogen and oxygen atoms in total. The zero-order valence-corrected chi connectivity index (χ0v) is 12.4. The minimum atomic E-state index is -0.247. The Labute approximate surface area is 123 Å². The van der Waals surface area contributed by atoms with Gasteiger partial charge in [0.05, 0.1) is 18.1 Å². The number of piperazine rings is 1. The molecule has 1 amide bonds. The molecule has 0 aromatic carbocycles. The number of carbonyl (C=O) groups excluding carboxylic acids is 1. The predicted molar refractivity (Wildman–Crippen MR) is 78.4 cm³/mol. The summed E-state index contributed by atoms with van der Waals surface area (Å²) in [6, 6.07) is 1.74. The molecule has 2 aromatic heterocycles. The van der Waals surface area contributed by atoms with Crippen LogP contribution in [0.3, 0.4) is 0 Å². The number of anilines is 1. The van der Waals surface area contributed by atoms with Crippen LogP contribution in [0.5, 0.6) is 0 Å². The Morgan fingerprint density at radius 2 is 2.05 bits per heavy atom. The number of nitrogens with one attached hydrogen (secondary N) is 1. The summed E-state index contributed by atoms with van der Waals surface area (Å²) in [5.74, 6) is 1.37. The van der Waals surface area contributed by atoms with Crippen LogP contribution in [0.25, 0.3) is 5.82 Å². The van der Waals surface area contributed by atoms with Gasteiger partial charge in [0.15, 0.2) is 5.82 Å². The summed E-state index contributed by atoms with van der Waals surface area (Å²) >= 11 is 0. The smallest absolute Gasteiger partial charge is 0.242 e. The Balaban J connectivity index is 1.96. The average Bonchev–Trinajstić information content (AvgIpc) is 2.81. The van der Waals surface area contributed by atoms with Crippen LogP contribution in [0.4, 0.5) is 5.82 Å². The van der Waals surface area contributed by atoms with Gasteiger partial charge in [-0.15, -0.1) is 0 Å². The van der Waals surface area contributed by atoms with Crippen LogP contribution < -0.4 is 10.2 Å². The molecule has 1 atom stereocenters. The van der Waals surface area contributed by atoms with E-state index in [1.54, 1.807) is 17.1 Å². The maximum Gasteiger partial charge on any atom is 0.242 e. The van der Waals surface area contributed by atoms with E-state index in [4.69, 9.17) is 0 Å². The summed E-state index contributed by atoms with van der Waals surface area (Å²) < 4.78 is 1.76. The van der Waals surface area contributed by atoms with Gasteiger partial charge in [0.25, 0.3) is 0 Å². The lowest BCUT2D eigenvalue weighted by Crippen LogP contribution is -2.54. The Morgan fingerprint density at radius 1 is 1.29 bits per heavy atom. The normalized spacial score (nSPS) is 18.7. The van der Waals surface area contributed by atoms with Gasteiger partial charge in [-0.2, -0.15) is 5.10 Å². The fraction of sp³-hybridized carbons (Fsp3) is 0.429. The monoisotopic (exact) mass is 286 g/mol.